The molecule has 2 aromatic carbocycles. The molecule has 0 radical (unpaired) electrons. The second-order valence-corrected chi connectivity index (χ2v) is 3.76. The van der Waals surface area contributed by atoms with Gasteiger partial charge in [-0.25, -0.2) is 0 Å². The zero-order valence-electron chi connectivity index (χ0n) is 9.93. The van der Waals surface area contributed by atoms with Crippen molar-refractivity contribution >= 4 is 0 Å². The fourth-order valence-corrected chi connectivity index (χ4v) is 1.62. The second kappa shape index (κ2) is 5.94. The average Bonchev–Trinajstić information content (AvgIpc) is 2.40. The van der Waals surface area contributed by atoms with Crippen molar-refractivity contribution in [1.82, 2.24) is 0 Å². The Morgan fingerprint density at radius 2 is 1.65 bits per heavy atom. The fraction of sp³-hybridized carbons (Fsp3) is 0.200. The molecule has 0 spiro atoms. The lowest BCUT2D eigenvalue weighted by atomic mass is 10.2. The second-order valence-electron chi connectivity index (χ2n) is 3.76. The molecule has 0 bridgehead atoms. The fourth-order valence-electron chi connectivity index (χ4n) is 1.62. The van der Waals surface area contributed by atoms with E-state index in [1.165, 1.54) is 5.56 Å². The molecule has 2 heteroatoms. The molecule has 0 aromatic heterocycles. The predicted octanol–water partition coefficient (Wildman–Crippen LogP) is 3.32. The van der Waals surface area contributed by atoms with Crippen LogP contribution in [0.25, 0.3) is 0 Å². The molecule has 0 amide bonds. The molecule has 0 aliphatic heterocycles. The van der Waals surface area contributed by atoms with Gasteiger partial charge in [-0.05, 0) is 17.7 Å². The van der Waals surface area contributed by atoms with Crippen LogP contribution in [-0.2, 0) is 6.42 Å². The standard InChI is InChI=1S/C15H16O2/c1-16-14-8-5-9-15(12-14)17-11-10-13-6-3-2-4-7-13/h2-9,12H,10-11H2,1H3. The highest BCUT2D eigenvalue weighted by Gasteiger charge is 1.97. The molecule has 2 nitrogen and oxygen atoms in total. The topological polar surface area (TPSA) is 18.5 Å². The van der Waals surface area contributed by atoms with Crippen LogP contribution in [0.1, 0.15) is 5.56 Å². The summed E-state index contributed by atoms with van der Waals surface area (Å²) in [7, 11) is 1.66. The molecule has 2 aromatic rings. The van der Waals surface area contributed by atoms with Gasteiger partial charge >= 0.3 is 0 Å². The molecule has 88 valence electrons. The van der Waals surface area contributed by atoms with Crippen LogP contribution >= 0.6 is 0 Å². The number of ether oxygens (including phenoxy) is 2. The van der Waals surface area contributed by atoms with Crippen LogP contribution in [0.5, 0.6) is 11.5 Å². The van der Waals surface area contributed by atoms with Crippen molar-refractivity contribution < 1.29 is 9.47 Å². The molecule has 0 heterocycles. The monoisotopic (exact) mass is 228 g/mol. The maximum absolute atomic E-state index is 5.67. The zero-order valence-corrected chi connectivity index (χ0v) is 9.93. The highest BCUT2D eigenvalue weighted by atomic mass is 16.5. The smallest absolute Gasteiger partial charge is 0.122 e. The first-order chi connectivity index (χ1) is 8.38. The van der Waals surface area contributed by atoms with Gasteiger partial charge in [0.15, 0.2) is 0 Å². The van der Waals surface area contributed by atoms with Crippen LogP contribution < -0.4 is 9.47 Å². The lowest BCUT2D eigenvalue weighted by molar-refractivity contribution is 0.319. The van der Waals surface area contributed by atoms with Gasteiger partial charge in [-0.2, -0.15) is 0 Å². The van der Waals surface area contributed by atoms with E-state index in [2.05, 4.69) is 12.1 Å². The van der Waals surface area contributed by atoms with E-state index >= 15 is 0 Å². The lowest BCUT2D eigenvalue weighted by Gasteiger charge is -2.07. The average molecular weight is 228 g/mol. The molecule has 0 unspecified atom stereocenters. The Kier molecular flexibility index (Phi) is 4.03. The van der Waals surface area contributed by atoms with Gasteiger partial charge in [-0.15, -0.1) is 0 Å². The van der Waals surface area contributed by atoms with Crippen LogP contribution in [0.4, 0.5) is 0 Å². The summed E-state index contributed by atoms with van der Waals surface area (Å²) in [6, 6.07) is 18.0. The van der Waals surface area contributed by atoms with Crippen LogP contribution in [0.2, 0.25) is 0 Å². The maximum atomic E-state index is 5.67. The molecule has 0 aliphatic carbocycles. The number of benzene rings is 2. The van der Waals surface area contributed by atoms with E-state index in [0.29, 0.717) is 6.61 Å². The molecule has 0 N–H and O–H groups in total. The Bertz CT molecular complexity index is 451. The summed E-state index contributed by atoms with van der Waals surface area (Å²) in [5, 5.41) is 0. The van der Waals surface area contributed by atoms with Gasteiger partial charge in [0.2, 0.25) is 0 Å². The van der Waals surface area contributed by atoms with Crippen molar-refractivity contribution in [2.24, 2.45) is 0 Å². The van der Waals surface area contributed by atoms with Crippen molar-refractivity contribution in [2.45, 2.75) is 6.42 Å². The van der Waals surface area contributed by atoms with Crippen LogP contribution in [-0.4, -0.2) is 13.7 Å². The molecular formula is C15H16O2. The van der Waals surface area contributed by atoms with Crippen LogP contribution in [0.15, 0.2) is 54.6 Å². The highest BCUT2D eigenvalue weighted by molar-refractivity contribution is 5.32. The lowest BCUT2D eigenvalue weighted by Crippen LogP contribution is -2.01. The first-order valence-electron chi connectivity index (χ1n) is 5.69. The summed E-state index contributed by atoms with van der Waals surface area (Å²) < 4.78 is 10.8. The van der Waals surface area contributed by atoms with Gasteiger partial charge in [0.1, 0.15) is 11.5 Å². The Hall–Kier alpha value is -1.96. The van der Waals surface area contributed by atoms with Crippen LogP contribution in [0.3, 0.4) is 0 Å². The normalized spacial score (nSPS) is 9.94. The summed E-state index contributed by atoms with van der Waals surface area (Å²) in [4.78, 5) is 0. The summed E-state index contributed by atoms with van der Waals surface area (Å²) in [5.41, 5.74) is 1.29. The van der Waals surface area contributed by atoms with Crippen molar-refractivity contribution in [3.8, 4) is 11.5 Å². The van der Waals surface area contributed by atoms with E-state index in [1.807, 2.05) is 42.5 Å². The van der Waals surface area contributed by atoms with Gasteiger partial charge in [-0.1, -0.05) is 36.4 Å². The van der Waals surface area contributed by atoms with Crippen molar-refractivity contribution in [3.63, 3.8) is 0 Å². The van der Waals surface area contributed by atoms with E-state index < -0.39 is 0 Å². The van der Waals surface area contributed by atoms with E-state index in [0.717, 1.165) is 17.9 Å². The first kappa shape index (κ1) is 11.5. The largest absolute Gasteiger partial charge is 0.497 e. The molecule has 0 atom stereocenters. The van der Waals surface area contributed by atoms with Gasteiger partial charge in [-0.3, -0.25) is 0 Å². The number of hydrogen-bond acceptors (Lipinski definition) is 2. The molecule has 0 fully saturated rings. The van der Waals surface area contributed by atoms with Gasteiger partial charge in [0.05, 0.1) is 13.7 Å². The minimum Gasteiger partial charge on any atom is -0.497 e. The van der Waals surface area contributed by atoms with Crippen molar-refractivity contribution in [3.05, 3.63) is 60.2 Å². The molecule has 17 heavy (non-hydrogen) atoms. The highest BCUT2D eigenvalue weighted by Crippen LogP contribution is 2.18. The number of hydrogen-bond donors (Lipinski definition) is 0. The maximum Gasteiger partial charge on any atom is 0.122 e. The summed E-state index contributed by atoms with van der Waals surface area (Å²) in [5.74, 6) is 1.67. The number of methoxy groups -OCH3 is 1. The Morgan fingerprint density at radius 1 is 0.882 bits per heavy atom. The zero-order chi connectivity index (χ0) is 11.9. The van der Waals surface area contributed by atoms with E-state index in [9.17, 15) is 0 Å². The van der Waals surface area contributed by atoms with Gasteiger partial charge in [0, 0.05) is 12.5 Å². The van der Waals surface area contributed by atoms with E-state index in [1.54, 1.807) is 7.11 Å². The third kappa shape index (κ3) is 3.52. The van der Waals surface area contributed by atoms with Crippen molar-refractivity contribution in [1.29, 1.82) is 0 Å². The van der Waals surface area contributed by atoms with E-state index in [-0.39, 0.29) is 0 Å². The molecule has 0 saturated heterocycles. The summed E-state index contributed by atoms with van der Waals surface area (Å²) in [6.07, 6.45) is 0.915. The SMILES string of the molecule is COc1cccc(OCCc2ccccc2)c1. The molecule has 0 saturated carbocycles. The summed E-state index contributed by atoms with van der Waals surface area (Å²) >= 11 is 0. The third-order valence-electron chi connectivity index (χ3n) is 2.54. The predicted molar refractivity (Wildman–Crippen MR) is 68.6 cm³/mol. The Morgan fingerprint density at radius 3 is 2.41 bits per heavy atom. The third-order valence-corrected chi connectivity index (χ3v) is 2.54. The van der Waals surface area contributed by atoms with Crippen LogP contribution in [0, 0.1) is 0 Å². The quantitative estimate of drug-likeness (QED) is 0.781. The summed E-state index contributed by atoms with van der Waals surface area (Å²) in [6.45, 7) is 0.678. The van der Waals surface area contributed by atoms with E-state index in [4.69, 9.17) is 9.47 Å². The minimum absolute atomic E-state index is 0.678. The molecule has 2 rings (SSSR count). The molecular weight excluding hydrogens is 212 g/mol. The van der Waals surface area contributed by atoms with Gasteiger partial charge in [0.25, 0.3) is 0 Å². The van der Waals surface area contributed by atoms with Crippen molar-refractivity contribution in [2.75, 3.05) is 13.7 Å². The minimum atomic E-state index is 0.678. The Labute approximate surface area is 102 Å². The molecule has 0 aliphatic rings. The Balaban J connectivity index is 1.86. The first-order valence-corrected chi connectivity index (χ1v) is 5.69. The number of rotatable bonds is 5. The van der Waals surface area contributed by atoms with Gasteiger partial charge < -0.3 is 9.47 Å².